The Labute approximate surface area is 200 Å². The molecular weight excluding hydrogens is 472 g/mol. The number of hydrogen-bond donors (Lipinski definition) is 4. The van der Waals surface area contributed by atoms with E-state index in [4.69, 9.17) is 0 Å². The third kappa shape index (κ3) is 3.88. The minimum Gasteiger partial charge on any atom is -0.478 e. The minimum atomic E-state index is -1.31. The summed E-state index contributed by atoms with van der Waals surface area (Å²) < 4.78 is 0. The van der Waals surface area contributed by atoms with Crippen LogP contribution in [-0.4, -0.2) is 64.2 Å². The molecule has 0 fully saturated rings. The van der Waals surface area contributed by atoms with E-state index in [9.17, 15) is 39.6 Å². The fourth-order valence-electron chi connectivity index (χ4n) is 3.67. The normalized spacial score (nSPS) is 11.1. The molecule has 5 rings (SSSR count). The highest BCUT2D eigenvalue weighted by molar-refractivity contribution is 5.95. The Kier molecular flexibility index (Phi) is 4.99. The zero-order valence-corrected chi connectivity index (χ0v) is 17.8. The second-order valence-electron chi connectivity index (χ2n) is 7.73. The van der Waals surface area contributed by atoms with Gasteiger partial charge in [-0.2, -0.15) is 0 Å². The lowest BCUT2D eigenvalue weighted by Gasteiger charge is -2.14. The molecule has 176 valence electrons. The van der Waals surface area contributed by atoms with Gasteiger partial charge in [-0.3, -0.25) is 0 Å². The summed E-state index contributed by atoms with van der Waals surface area (Å²) in [6.07, 6.45) is 0. The maximum Gasteiger partial charge on any atom is 0.335 e. The SMILES string of the molecule is O=C(O)c1cc2nc(c1)-c1cc(C(=O)O)cc(n1)-c1cc(C(=O)O)cc(n1)-c1cc(C(=O)O)cc-2n1. The van der Waals surface area contributed by atoms with Crippen LogP contribution >= 0.6 is 0 Å². The van der Waals surface area contributed by atoms with Crippen LogP contribution in [-0.2, 0) is 0 Å². The molecule has 0 saturated heterocycles. The summed E-state index contributed by atoms with van der Waals surface area (Å²) in [5, 5.41) is 38.6. The van der Waals surface area contributed by atoms with Crippen molar-refractivity contribution in [3.05, 3.63) is 70.8 Å². The number of nitrogens with zero attached hydrogens (tertiary/aromatic N) is 4. The van der Waals surface area contributed by atoms with Crippen molar-refractivity contribution < 1.29 is 39.6 Å². The highest BCUT2D eigenvalue weighted by atomic mass is 16.4. The number of aromatic nitrogens is 4. The second kappa shape index (κ2) is 8.06. The Balaban J connectivity index is 1.97. The largest absolute Gasteiger partial charge is 0.478 e. The predicted octanol–water partition coefficient (Wildman–Crippen LogP) is 3.04. The van der Waals surface area contributed by atoms with Gasteiger partial charge in [0.25, 0.3) is 0 Å². The van der Waals surface area contributed by atoms with Crippen LogP contribution in [0.25, 0.3) is 45.6 Å². The number of hydrogen-bond acceptors (Lipinski definition) is 8. The van der Waals surface area contributed by atoms with Gasteiger partial charge in [-0.25, -0.2) is 39.1 Å². The van der Waals surface area contributed by atoms with E-state index in [2.05, 4.69) is 19.9 Å². The van der Waals surface area contributed by atoms with Gasteiger partial charge in [-0.1, -0.05) is 0 Å². The van der Waals surface area contributed by atoms with Gasteiger partial charge in [-0.15, -0.1) is 0 Å². The summed E-state index contributed by atoms with van der Waals surface area (Å²) >= 11 is 0. The molecule has 0 spiro atoms. The van der Waals surface area contributed by atoms with Crippen molar-refractivity contribution in [3.63, 3.8) is 0 Å². The molecule has 36 heavy (non-hydrogen) atoms. The van der Waals surface area contributed by atoms with Gasteiger partial charge in [0, 0.05) is 0 Å². The Morgan fingerprint density at radius 2 is 0.500 bits per heavy atom. The smallest absolute Gasteiger partial charge is 0.335 e. The molecule has 4 aromatic heterocycles. The first kappa shape index (κ1) is 22.3. The third-order valence-corrected chi connectivity index (χ3v) is 5.34. The van der Waals surface area contributed by atoms with Crippen molar-refractivity contribution in [2.75, 3.05) is 0 Å². The van der Waals surface area contributed by atoms with Gasteiger partial charge in [0.2, 0.25) is 0 Å². The average molecular weight is 484 g/mol. The fourth-order valence-corrected chi connectivity index (χ4v) is 3.67. The Hall–Kier alpha value is -5.52. The van der Waals surface area contributed by atoms with Crippen LogP contribution in [0, 0.1) is 0 Å². The molecule has 1 aliphatic heterocycles. The quantitative estimate of drug-likeness (QED) is 0.291. The predicted molar refractivity (Wildman–Crippen MR) is 121 cm³/mol. The highest BCUT2D eigenvalue weighted by Gasteiger charge is 2.22. The lowest BCUT2D eigenvalue weighted by Crippen LogP contribution is -2.07. The van der Waals surface area contributed by atoms with Crippen LogP contribution < -0.4 is 0 Å². The number of pyridine rings is 4. The lowest BCUT2D eigenvalue weighted by molar-refractivity contribution is 0.0685. The monoisotopic (exact) mass is 484 g/mol. The molecule has 12 heteroatoms. The van der Waals surface area contributed by atoms with Gasteiger partial charge >= 0.3 is 23.9 Å². The van der Waals surface area contributed by atoms with Crippen molar-refractivity contribution >= 4 is 23.9 Å². The summed E-state index contributed by atoms with van der Waals surface area (Å²) in [7, 11) is 0. The molecule has 1 aliphatic rings. The zero-order valence-electron chi connectivity index (χ0n) is 17.8. The van der Waals surface area contributed by atoms with Crippen LogP contribution in [0.1, 0.15) is 41.4 Å². The molecule has 0 aliphatic carbocycles. The van der Waals surface area contributed by atoms with Gasteiger partial charge in [0.05, 0.1) is 67.8 Å². The van der Waals surface area contributed by atoms with Crippen LogP contribution in [0.5, 0.6) is 0 Å². The highest BCUT2D eigenvalue weighted by Crippen LogP contribution is 2.31. The molecule has 12 nitrogen and oxygen atoms in total. The molecule has 0 aromatic carbocycles. The van der Waals surface area contributed by atoms with E-state index < -0.39 is 23.9 Å². The van der Waals surface area contributed by atoms with Gasteiger partial charge in [-0.05, 0) is 48.5 Å². The molecule has 0 unspecified atom stereocenters. The fraction of sp³-hybridized carbons (Fsp3) is 0. The molecule has 4 aromatic rings. The van der Waals surface area contributed by atoms with Crippen LogP contribution in [0.15, 0.2) is 48.5 Å². The van der Waals surface area contributed by atoms with Crippen molar-refractivity contribution in [2.24, 2.45) is 0 Å². The maximum absolute atomic E-state index is 11.8. The topological polar surface area (TPSA) is 201 Å². The van der Waals surface area contributed by atoms with Crippen LogP contribution in [0.2, 0.25) is 0 Å². The van der Waals surface area contributed by atoms with E-state index >= 15 is 0 Å². The van der Waals surface area contributed by atoms with E-state index in [1.807, 2.05) is 0 Å². The van der Waals surface area contributed by atoms with Gasteiger partial charge < -0.3 is 20.4 Å². The van der Waals surface area contributed by atoms with Crippen LogP contribution in [0.3, 0.4) is 0 Å². The summed E-state index contributed by atoms with van der Waals surface area (Å²) in [4.78, 5) is 64.9. The number of carbonyl (C=O) groups is 4. The molecule has 5 heterocycles. The average Bonchev–Trinajstić information content (AvgIpc) is 2.87. The van der Waals surface area contributed by atoms with E-state index in [0.717, 1.165) is 0 Å². The Morgan fingerprint density at radius 3 is 0.611 bits per heavy atom. The standard InChI is InChI=1S/C24H12N4O8/c29-21(30)9-1-13-14-3-10(22(31)32)4-17(26-14)18-6-12(24(35)36)8-20(28-18)19-7-11(23(33)34)5-16(27-19)15(2-9)25-13/h1-8H,(H,29,30)(H,31,32)(H,33,34)(H,35,36). The number of aromatic carboxylic acids is 4. The van der Waals surface area contributed by atoms with Gasteiger partial charge in [0.1, 0.15) is 0 Å². The van der Waals surface area contributed by atoms with E-state index in [1.165, 1.54) is 48.5 Å². The van der Waals surface area contributed by atoms with E-state index in [0.29, 0.717) is 0 Å². The lowest BCUT2D eigenvalue weighted by atomic mass is 10.0. The summed E-state index contributed by atoms with van der Waals surface area (Å²) in [6.45, 7) is 0. The summed E-state index contributed by atoms with van der Waals surface area (Å²) in [5.41, 5.74) is -1.03. The van der Waals surface area contributed by atoms with Crippen molar-refractivity contribution in [1.29, 1.82) is 0 Å². The van der Waals surface area contributed by atoms with Crippen molar-refractivity contribution in [3.8, 4) is 45.6 Å². The first-order valence-corrected chi connectivity index (χ1v) is 10.1. The number of fused-ring (bicyclic) bond motifs is 12. The maximum atomic E-state index is 11.8. The van der Waals surface area contributed by atoms with Crippen LogP contribution in [0.4, 0.5) is 0 Å². The molecule has 4 N–H and O–H groups in total. The Morgan fingerprint density at radius 1 is 0.361 bits per heavy atom. The summed E-state index contributed by atoms with van der Waals surface area (Å²) in [5.74, 6) is -5.24. The van der Waals surface area contributed by atoms with Crippen molar-refractivity contribution in [1.82, 2.24) is 19.9 Å². The minimum absolute atomic E-state index is 0.0199. The molecule has 8 bridgehead atoms. The van der Waals surface area contributed by atoms with E-state index in [1.54, 1.807) is 0 Å². The van der Waals surface area contributed by atoms with Gasteiger partial charge in [0.15, 0.2) is 0 Å². The third-order valence-electron chi connectivity index (χ3n) is 5.34. The molecule has 0 atom stereocenters. The molecule has 0 saturated carbocycles. The molecule has 0 amide bonds. The number of carboxylic acids is 4. The number of carboxylic acid groups (broad SMARTS) is 4. The second-order valence-corrected chi connectivity index (χ2v) is 7.73. The van der Waals surface area contributed by atoms with Crippen molar-refractivity contribution in [2.45, 2.75) is 0 Å². The molecular formula is C24H12N4O8. The Bertz CT molecular complexity index is 1340. The summed E-state index contributed by atoms with van der Waals surface area (Å²) in [6, 6.07) is 9.47. The number of rotatable bonds is 4. The van der Waals surface area contributed by atoms with E-state index in [-0.39, 0.29) is 67.8 Å². The first-order valence-electron chi connectivity index (χ1n) is 10.1. The molecule has 0 radical (unpaired) electrons. The zero-order chi connectivity index (χ0) is 25.7. The first-order chi connectivity index (χ1) is 17.1.